The van der Waals surface area contributed by atoms with Gasteiger partial charge in [-0.3, -0.25) is 0 Å². The van der Waals surface area contributed by atoms with E-state index in [1.807, 2.05) is 19.1 Å². The molecule has 0 radical (unpaired) electrons. The van der Waals surface area contributed by atoms with E-state index in [0.717, 1.165) is 12.2 Å². The Bertz CT molecular complexity index is 356. The van der Waals surface area contributed by atoms with Gasteiger partial charge in [-0.25, -0.2) is 0 Å². The second kappa shape index (κ2) is 5.54. The van der Waals surface area contributed by atoms with E-state index in [-0.39, 0.29) is 11.6 Å². The summed E-state index contributed by atoms with van der Waals surface area (Å²) in [7, 11) is 0. The molecule has 0 aliphatic heterocycles. The van der Waals surface area contributed by atoms with E-state index in [2.05, 4.69) is 39.8 Å². The lowest BCUT2D eigenvalue weighted by Gasteiger charge is -2.28. The minimum absolute atomic E-state index is 0.151. The molecule has 2 nitrogen and oxygen atoms in total. The highest BCUT2D eigenvalue weighted by Crippen LogP contribution is 2.25. The van der Waals surface area contributed by atoms with Crippen LogP contribution >= 0.6 is 0 Å². The van der Waals surface area contributed by atoms with Gasteiger partial charge in [-0.2, -0.15) is 0 Å². The topological polar surface area (TPSA) is 35.2 Å². The largest absolute Gasteiger partial charge is 0.488 e. The Morgan fingerprint density at radius 2 is 1.88 bits per heavy atom. The summed E-state index contributed by atoms with van der Waals surface area (Å²) in [6, 6.07) is 8.46. The Labute approximate surface area is 105 Å². The molecule has 0 bridgehead atoms. The van der Waals surface area contributed by atoms with Crippen molar-refractivity contribution in [1.29, 1.82) is 0 Å². The normalized spacial score (nSPS) is 13.8. The molecule has 1 unspecified atom stereocenters. The maximum absolute atomic E-state index is 6.02. The van der Waals surface area contributed by atoms with Gasteiger partial charge in [0.1, 0.15) is 11.4 Å². The molecule has 0 heterocycles. The summed E-state index contributed by atoms with van der Waals surface area (Å²) in [4.78, 5) is 0. The fourth-order valence-electron chi connectivity index (χ4n) is 2.07. The van der Waals surface area contributed by atoms with Gasteiger partial charge in [-0.15, -0.1) is 0 Å². The number of hydrogen-bond acceptors (Lipinski definition) is 2. The molecule has 0 aromatic heterocycles. The van der Waals surface area contributed by atoms with Crippen molar-refractivity contribution < 1.29 is 4.74 Å². The predicted molar refractivity (Wildman–Crippen MR) is 73.5 cm³/mol. The Balaban J connectivity index is 2.77. The van der Waals surface area contributed by atoms with E-state index in [0.29, 0.717) is 5.92 Å². The number of ether oxygens (including phenoxy) is 1. The van der Waals surface area contributed by atoms with Gasteiger partial charge < -0.3 is 10.5 Å². The molecule has 2 N–H and O–H groups in total. The van der Waals surface area contributed by atoms with Crippen LogP contribution in [0.5, 0.6) is 5.75 Å². The molecule has 1 aromatic carbocycles. The average molecular weight is 235 g/mol. The Hall–Kier alpha value is -1.02. The molecule has 1 rings (SSSR count). The van der Waals surface area contributed by atoms with Gasteiger partial charge in [0.25, 0.3) is 0 Å². The van der Waals surface area contributed by atoms with Crippen LogP contribution in [0.3, 0.4) is 0 Å². The van der Waals surface area contributed by atoms with Crippen LogP contribution in [0.2, 0.25) is 0 Å². The Morgan fingerprint density at radius 3 is 2.41 bits per heavy atom. The van der Waals surface area contributed by atoms with Crippen molar-refractivity contribution in [3.8, 4) is 5.75 Å². The van der Waals surface area contributed by atoms with Crippen molar-refractivity contribution in [3.05, 3.63) is 29.8 Å². The lowest BCUT2D eigenvalue weighted by atomic mass is 9.99. The van der Waals surface area contributed by atoms with Gasteiger partial charge in [0.2, 0.25) is 0 Å². The molecule has 0 saturated carbocycles. The lowest BCUT2D eigenvalue weighted by Crippen LogP contribution is -2.35. The van der Waals surface area contributed by atoms with E-state index in [4.69, 9.17) is 10.5 Å². The fourth-order valence-corrected chi connectivity index (χ4v) is 2.07. The van der Waals surface area contributed by atoms with E-state index < -0.39 is 0 Å². The summed E-state index contributed by atoms with van der Waals surface area (Å²) < 4.78 is 6.02. The van der Waals surface area contributed by atoms with Gasteiger partial charge in [0, 0.05) is 12.5 Å². The molecule has 96 valence electrons. The smallest absolute Gasteiger partial charge is 0.120 e. The summed E-state index contributed by atoms with van der Waals surface area (Å²) in [5.74, 6) is 1.46. The number of hydrogen-bond donors (Lipinski definition) is 1. The minimum atomic E-state index is -0.218. The van der Waals surface area contributed by atoms with E-state index in [1.54, 1.807) is 0 Å². The molecule has 1 aromatic rings. The molecule has 0 spiro atoms. The van der Waals surface area contributed by atoms with Crippen LogP contribution in [0.25, 0.3) is 0 Å². The number of nitrogens with two attached hydrogens (primary N) is 1. The molecular weight excluding hydrogens is 210 g/mol. The lowest BCUT2D eigenvalue weighted by molar-refractivity contribution is 0.0932. The number of benzene rings is 1. The van der Waals surface area contributed by atoms with Crippen LogP contribution in [0.4, 0.5) is 0 Å². The summed E-state index contributed by atoms with van der Waals surface area (Å²) in [5.41, 5.74) is 6.92. The molecule has 0 aliphatic carbocycles. The van der Waals surface area contributed by atoms with E-state index in [9.17, 15) is 0 Å². The second-order valence-electron chi connectivity index (χ2n) is 5.77. The summed E-state index contributed by atoms with van der Waals surface area (Å²) in [5, 5.41) is 0. The summed E-state index contributed by atoms with van der Waals surface area (Å²) in [6.45, 7) is 10.5. The van der Waals surface area contributed by atoms with E-state index in [1.165, 1.54) is 5.56 Å². The molecule has 17 heavy (non-hydrogen) atoms. The van der Waals surface area contributed by atoms with Crippen molar-refractivity contribution in [2.75, 3.05) is 0 Å². The highest BCUT2D eigenvalue weighted by atomic mass is 16.5. The average Bonchev–Trinajstić information content (AvgIpc) is 2.14. The van der Waals surface area contributed by atoms with Crippen molar-refractivity contribution in [2.45, 2.75) is 58.6 Å². The molecule has 0 amide bonds. The highest BCUT2D eigenvalue weighted by Gasteiger charge is 2.21. The molecule has 1 atom stereocenters. The van der Waals surface area contributed by atoms with Gasteiger partial charge in [0.05, 0.1) is 0 Å². The molecule has 0 saturated heterocycles. The third kappa shape index (κ3) is 4.78. The SMILES string of the molecule is CC(N)CC(C)(C)Oc1cccc(C(C)C)c1. The van der Waals surface area contributed by atoms with Crippen molar-refractivity contribution in [1.82, 2.24) is 0 Å². The third-order valence-electron chi connectivity index (χ3n) is 2.73. The summed E-state index contributed by atoms with van der Waals surface area (Å²) >= 11 is 0. The van der Waals surface area contributed by atoms with Crippen LogP contribution in [-0.2, 0) is 0 Å². The van der Waals surface area contributed by atoms with Crippen molar-refractivity contribution in [2.24, 2.45) is 5.73 Å². The zero-order chi connectivity index (χ0) is 13.1. The minimum Gasteiger partial charge on any atom is -0.488 e. The first-order valence-electron chi connectivity index (χ1n) is 6.35. The molecular formula is C15H25NO. The molecule has 2 heteroatoms. The zero-order valence-electron chi connectivity index (χ0n) is 11.7. The first-order valence-corrected chi connectivity index (χ1v) is 6.35. The molecule has 0 fully saturated rings. The molecule has 0 aliphatic rings. The Morgan fingerprint density at radius 1 is 1.24 bits per heavy atom. The Kier molecular flexibility index (Phi) is 4.58. The predicted octanol–water partition coefficient (Wildman–Crippen LogP) is 3.70. The van der Waals surface area contributed by atoms with Crippen LogP contribution < -0.4 is 10.5 Å². The van der Waals surface area contributed by atoms with Crippen LogP contribution in [-0.4, -0.2) is 11.6 Å². The maximum Gasteiger partial charge on any atom is 0.120 e. The monoisotopic (exact) mass is 235 g/mol. The summed E-state index contributed by atoms with van der Waals surface area (Å²) in [6.07, 6.45) is 0.846. The van der Waals surface area contributed by atoms with Gasteiger partial charge in [-0.05, 0) is 44.4 Å². The van der Waals surface area contributed by atoms with Crippen molar-refractivity contribution >= 4 is 0 Å². The van der Waals surface area contributed by atoms with Gasteiger partial charge in [-0.1, -0.05) is 26.0 Å². The van der Waals surface area contributed by atoms with E-state index >= 15 is 0 Å². The van der Waals surface area contributed by atoms with Crippen LogP contribution in [0.15, 0.2) is 24.3 Å². The quantitative estimate of drug-likeness (QED) is 0.844. The third-order valence-corrected chi connectivity index (χ3v) is 2.73. The highest BCUT2D eigenvalue weighted by molar-refractivity contribution is 5.30. The van der Waals surface area contributed by atoms with Crippen LogP contribution in [0.1, 0.15) is 52.5 Å². The van der Waals surface area contributed by atoms with Gasteiger partial charge in [0.15, 0.2) is 0 Å². The zero-order valence-corrected chi connectivity index (χ0v) is 11.7. The van der Waals surface area contributed by atoms with Crippen LogP contribution in [0, 0.1) is 0 Å². The fraction of sp³-hybridized carbons (Fsp3) is 0.600. The number of rotatable bonds is 5. The maximum atomic E-state index is 6.02. The first-order chi connectivity index (χ1) is 7.80. The van der Waals surface area contributed by atoms with Gasteiger partial charge >= 0.3 is 0 Å². The second-order valence-corrected chi connectivity index (χ2v) is 5.77. The first kappa shape index (κ1) is 14.0. The van der Waals surface area contributed by atoms with Crippen molar-refractivity contribution in [3.63, 3.8) is 0 Å². The standard InChI is InChI=1S/C15H25NO/c1-11(2)13-7-6-8-14(9-13)17-15(4,5)10-12(3)16/h6-9,11-12H,10,16H2,1-5H3.